The Bertz CT molecular complexity index is 967. The Morgan fingerprint density at radius 2 is 1.63 bits per heavy atom. The Hall–Kier alpha value is -2.50. The number of ether oxygens (including phenoxy) is 3. The van der Waals surface area contributed by atoms with Crippen LogP contribution in [0.5, 0.6) is 17.2 Å². The maximum absolute atomic E-state index is 12.7. The summed E-state index contributed by atoms with van der Waals surface area (Å²) in [5.74, 6) is 0.855. The third kappa shape index (κ3) is 5.02. The first-order chi connectivity index (χ1) is 12.8. The highest BCUT2D eigenvalue weighted by molar-refractivity contribution is 9.10. The van der Waals surface area contributed by atoms with Crippen molar-refractivity contribution >= 4 is 31.8 Å². The number of benzene rings is 2. The van der Waals surface area contributed by atoms with E-state index in [1.54, 1.807) is 42.5 Å². The fourth-order valence-electron chi connectivity index (χ4n) is 2.38. The third-order valence-electron chi connectivity index (χ3n) is 3.74. The topological polar surface area (TPSA) is 85.6 Å². The highest BCUT2D eigenvalue weighted by atomic mass is 79.9. The molecular weight excluding hydrogens is 434 g/mol. The average molecular weight is 452 g/mol. The van der Waals surface area contributed by atoms with E-state index in [9.17, 15) is 13.7 Å². The highest BCUT2D eigenvalue weighted by Gasteiger charge is 2.21. The van der Waals surface area contributed by atoms with Gasteiger partial charge in [0.1, 0.15) is 28.2 Å². The number of sulfone groups is 1. The first kappa shape index (κ1) is 20.8. The SMILES string of the molecule is COc1cc(OC)c(/C=C(/C#N)S(=O)(=O)Cc2ccc(Br)cc2)c(OC)c1. The van der Waals surface area contributed by atoms with E-state index in [2.05, 4.69) is 15.9 Å². The molecule has 2 aromatic rings. The van der Waals surface area contributed by atoms with Gasteiger partial charge in [0, 0.05) is 16.6 Å². The van der Waals surface area contributed by atoms with E-state index >= 15 is 0 Å². The molecule has 0 amide bonds. The number of hydrogen-bond acceptors (Lipinski definition) is 6. The molecule has 0 aliphatic carbocycles. The zero-order valence-electron chi connectivity index (χ0n) is 15.0. The molecule has 6 nitrogen and oxygen atoms in total. The van der Waals surface area contributed by atoms with Crippen molar-refractivity contribution in [3.05, 3.63) is 56.9 Å². The van der Waals surface area contributed by atoms with Gasteiger partial charge in [0.2, 0.25) is 0 Å². The summed E-state index contributed by atoms with van der Waals surface area (Å²) < 4.78 is 42.1. The van der Waals surface area contributed by atoms with Gasteiger partial charge in [0.05, 0.1) is 32.6 Å². The standard InChI is InChI=1S/C19H18BrNO5S/c1-24-15-8-18(25-2)17(19(9-15)26-3)10-16(11-21)27(22,23)12-13-4-6-14(20)7-5-13/h4-10H,12H2,1-3H3/b16-10-. The van der Waals surface area contributed by atoms with Crippen LogP contribution in [0.25, 0.3) is 6.08 Å². The summed E-state index contributed by atoms with van der Waals surface area (Å²) in [7, 11) is 0.510. The first-order valence-corrected chi connectivity index (χ1v) is 10.2. The number of allylic oxidation sites excluding steroid dienone is 1. The molecule has 2 rings (SSSR count). The quantitative estimate of drug-likeness (QED) is 0.592. The van der Waals surface area contributed by atoms with Crippen molar-refractivity contribution in [2.24, 2.45) is 0 Å². The highest BCUT2D eigenvalue weighted by Crippen LogP contribution is 2.36. The fourth-order valence-corrected chi connectivity index (χ4v) is 3.86. The van der Waals surface area contributed by atoms with Crippen LogP contribution < -0.4 is 14.2 Å². The molecule has 0 fully saturated rings. The van der Waals surface area contributed by atoms with E-state index in [1.807, 2.05) is 0 Å². The molecule has 0 aromatic heterocycles. The van der Waals surface area contributed by atoms with Gasteiger partial charge in [-0.15, -0.1) is 0 Å². The largest absolute Gasteiger partial charge is 0.496 e. The predicted molar refractivity (Wildman–Crippen MR) is 106 cm³/mol. The van der Waals surface area contributed by atoms with E-state index in [0.29, 0.717) is 28.4 Å². The van der Waals surface area contributed by atoms with Crippen LogP contribution in [-0.2, 0) is 15.6 Å². The zero-order valence-corrected chi connectivity index (χ0v) is 17.4. The molecular formula is C19H18BrNO5S. The van der Waals surface area contributed by atoms with Crippen molar-refractivity contribution in [3.63, 3.8) is 0 Å². The molecule has 0 saturated carbocycles. The van der Waals surface area contributed by atoms with E-state index in [-0.39, 0.29) is 10.7 Å². The van der Waals surface area contributed by atoms with Gasteiger partial charge in [-0.1, -0.05) is 28.1 Å². The van der Waals surface area contributed by atoms with Gasteiger partial charge in [0.15, 0.2) is 9.84 Å². The molecule has 8 heteroatoms. The molecule has 0 aliphatic heterocycles. The Balaban J connectivity index is 2.51. The molecule has 2 aromatic carbocycles. The normalized spacial score (nSPS) is 11.6. The number of nitrogens with zero attached hydrogens (tertiary/aromatic N) is 1. The van der Waals surface area contributed by atoms with Crippen LogP contribution in [-0.4, -0.2) is 29.7 Å². The zero-order chi connectivity index (χ0) is 20.0. The van der Waals surface area contributed by atoms with Crippen molar-refractivity contribution in [1.82, 2.24) is 0 Å². The van der Waals surface area contributed by atoms with Gasteiger partial charge in [-0.2, -0.15) is 5.26 Å². The minimum Gasteiger partial charge on any atom is -0.496 e. The van der Waals surface area contributed by atoms with Gasteiger partial charge < -0.3 is 14.2 Å². The van der Waals surface area contributed by atoms with Crippen LogP contribution in [0.4, 0.5) is 0 Å². The molecule has 0 aliphatic rings. The summed E-state index contributed by atoms with van der Waals surface area (Å²) in [6.07, 6.45) is 1.26. The molecule has 0 bridgehead atoms. The Morgan fingerprint density at radius 3 is 2.07 bits per heavy atom. The molecule has 142 valence electrons. The molecule has 0 spiro atoms. The van der Waals surface area contributed by atoms with E-state index in [0.717, 1.165) is 4.47 Å². The number of methoxy groups -OCH3 is 3. The van der Waals surface area contributed by atoms with Crippen LogP contribution in [0.2, 0.25) is 0 Å². The second kappa shape index (κ2) is 8.93. The second-order valence-corrected chi connectivity index (χ2v) is 8.33. The monoisotopic (exact) mass is 451 g/mol. The van der Waals surface area contributed by atoms with Gasteiger partial charge in [-0.05, 0) is 23.8 Å². The van der Waals surface area contributed by atoms with Crippen molar-refractivity contribution in [3.8, 4) is 23.3 Å². The van der Waals surface area contributed by atoms with E-state index in [4.69, 9.17) is 14.2 Å². The molecule has 0 N–H and O–H groups in total. The van der Waals surface area contributed by atoms with E-state index < -0.39 is 9.84 Å². The van der Waals surface area contributed by atoms with Gasteiger partial charge in [-0.25, -0.2) is 8.42 Å². The van der Waals surface area contributed by atoms with Crippen molar-refractivity contribution in [2.45, 2.75) is 5.75 Å². The number of rotatable bonds is 7. The summed E-state index contributed by atoms with van der Waals surface area (Å²) in [5, 5.41) is 9.46. The molecule has 27 heavy (non-hydrogen) atoms. The molecule has 0 radical (unpaired) electrons. The summed E-state index contributed by atoms with van der Waals surface area (Å²) in [4.78, 5) is -0.382. The lowest BCUT2D eigenvalue weighted by atomic mass is 10.1. The minimum atomic E-state index is -3.86. The molecule has 0 atom stereocenters. The molecule has 0 unspecified atom stereocenters. The second-order valence-electron chi connectivity index (χ2n) is 5.45. The van der Waals surface area contributed by atoms with Crippen LogP contribution in [0.3, 0.4) is 0 Å². The van der Waals surface area contributed by atoms with E-state index in [1.165, 1.54) is 27.4 Å². The van der Waals surface area contributed by atoms with Crippen molar-refractivity contribution in [1.29, 1.82) is 5.26 Å². The number of halogens is 1. The predicted octanol–water partition coefficient (Wildman–Crippen LogP) is 3.95. The van der Waals surface area contributed by atoms with Gasteiger partial charge >= 0.3 is 0 Å². The lowest BCUT2D eigenvalue weighted by Crippen LogP contribution is -2.07. The third-order valence-corrected chi connectivity index (χ3v) is 5.87. The summed E-state index contributed by atoms with van der Waals surface area (Å²) in [6.45, 7) is 0. The van der Waals surface area contributed by atoms with Crippen molar-refractivity contribution < 1.29 is 22.6 Å². The Morgan fingerprint density at radius 1 is 1.07 bits per heavy atom. The van der Waals surface area contributed by atoms with Crippen molar-refractivity contribution in [2.75, 3.05) is 21.3 Å². The lowest BCUT2D eigenvalue weighted by Gasteiger charge is -2.13. The maximum atomic E-state index is 12.7. The minimum absolute atomic E-state index is 0.291. The Kier molecular flexibility index (Phi) is 6.88. The van der Waals surface area contributed by atoms with Crippen LogP contribution in [0.1, 0.15) is 11.1 Å². The smallest absolute Gasteiger partial charge is 0.192 e. The summed E-state index contributed by atoms with van der Waals surface area (Å²) in [5.41, 5.74) is 0.921. The Labute approximate surface area is 167 Å². The van der Waals surface area contributed by atoms with Crippen LogP contribution in [0.15, 0.2) is 45.8 Å². The molecule has 0 heterocycles. The van der Waals surface area contributed by atoms with Crippen LogP contribution >= 0.6 is 15.9 Å². The van der Waals surface area contributed by atoms with Gasteiger partial charge in [0.25, 0.3) is 0 Å². The summed E-state index contributed by atoms with van der Waals surface area (Å²) in [6, 6.07) is 11.8. The molecule has 0 saturated heterocycles. The number of hydrogen-bond donors (Lipinski definition) is 0. The average Bonchev–Trinajstić information content (AvgIpc) is 2.66. The van der Waals surface area contributed by atoms with Gasteiger partial charge in [-0.3, -0.25) is 0 Å². The fraction of sp³-hybridized carbons (Fsp3) is 0.211. The summed E-state index contributed by atoms with van der Waals surface area (Å²) >= 11 is 3.30. The lowest BCUT2D eigenvalue weighted by molar-refractivity contribution is 0.374. The first-order valence-electron chi connectivity index (χ1n) is 7.73. The van der Waals surface area contributed by atoms with Crippen LogP contribution in [0, 0.1) is 11.3 Å². The maximum Gasteiger partial charge on any atom is 0.192 e. The number of nitriles is 1.